The first-order valence-corrected chi connectivity index (χ1v) is 10.8. The Labute approximate surface area is 185 Å². The molecule has 2 aromatic rings. The van der Waals surface area contributed by atoms with Crippen molar-refractivity contribution in [3.8, 4) is 11.5 Å². The quantitative estimate of drug-likeness (QED) is 0.542. The second-order valence-corrected chi connectivity index (χ2v) is 8.09. The maximum absolute atomic E-state index is 13.0. The van der Waals surface area contributed by atoms with Crippen LogP contribution in [0.25, 0.3) is 0 Å². The van der Waals surface area contributed by atoms with Crippen molar-refractivity contribution in [1.82, 2.24) is 14.4 Å². The lowest BCUT2D eigenvalue weighted by Crippen LogP contribution is -2.47. The summed E-state index contributed by atoms with van der Waals surface area (Å²) in [5, 5.41) is 0. The van der Waals surface area contributed by atoms with Crippen LogP contribution in [0.5, 0.6) is 11.5 Å². The highest BCUT2D eigenvalue weighted by Gasteiger charge is 2.22. The molecule has 3 rings (SSSR count). The van der Waals surface area contributed by atoms with Crippen LogP contribution in [0.2, 0.25) is 0 Å². The van der Waals surface area contributed by atoms with Gasteiger partial charge in [0.05, 0.1) is 27.4 Å². The molecule has 1 aliphatic rings. The third-order valence-electron chi connectivity index (χ3n) is 6.08. The molecule has 0 N–H and O–H groups in total. The lowest BCUT2D eigenvalue weighted by Gasteiger charge is -2.34. The Kier molecular flexibility index (Phi) is 8.12. The van der Waals surface area contributed by atoms with Gasteiger partial charge in [-0.3, -0.25) is 14.6 Å². The van der Waals surface area contributed by atoms with Crippen molar-refractivity contribution in [2.45, 2.75) is 26.9 Å². The minimum Gasteiger partial charge on any atom is -0.493 e. The van der Waals surface area contributed by atoms with Crippen LogP contribution in [0.3, 0.4) is 0 Å². The van der Waals surface area contributed by atoms with Crippen LogP contribution in [0.15, 0.2) is 24.3 Å². The van der Waals surface area contributed by atoms with Crippen molar-refractivity contribution in [3.63, 3.8) is 0 Å². The van der Waals surface area contributed by atoms with E-state index in [1.54, 1.807) is 21.3 Å². The van der Waals surface area contributed by atoms with Gasteiger partial charge in [0.15, 0.2) is 17.3 Å². The van der Waals surface area contributed by atoms with E-state index in [1.807, 2.05) is 32.0 Å². The molecule has 0 amide bonds. The Balaban J connectivity index is 1.53. The van der Waals surface area contributed by atoms with Gasteiger partial charge in [-0.25, -0.2) is 0 Å². The molecule has 170 valence electrons. The molecule has 1 aliphatic heterocycles. The van der Waals surface area contributed by atoms with Gasteiger partial charge >= 0.3 is 0 Å². The molecule has 2 heterocycles. The molecule has 7 nitrogen and oxygen atoms in total. The van der Waals surface area contributed by atoms with Crippen molar-refractivity contribution in [2.24, 2.45) is 0 Å². The first-order chi connectivity index (χ1) is 15.0. The Morgan fingerprint density at radius 2 is 1.61 bits per heavy atom. The number of rotatable bonds is 10. The van der Waals surface area contributed by atoms with Gasteiger partial charge < -0.3 is 18.8 Å². The van der Waals surface area contributed by atoms with Crippen LogP contribution in [0, 0.1) is 13.8 Å². The molecule has 0 saturated carbocycles. The Hall–Kier alpha value is -2.35. The zero-order valence-corrected chi connectivity index (χ0v) is 19.4. The smallest absolute Gasteiger partial charge is 0.178 e. The Bertz CT molecular complexity index is 885. The van der Waals surface area contributed by atoms with E-state index in [9.17, 15) is 4.79 Å². The lowest BCUT2D eigenvalue weighted by atomic mass is 10.1. The summed E-state index contributed by atoms with van der Waals surface area (Å²) in [5.74, 6) is 1.70. The number of methoxy groups -OCH3 is 3. The molecule has 0 bridgehead atoms. The van der Waals surface area contributed by atoms with Crippen molar-refractivity contribution in [1.29, 1.82) is 0 Å². The number of aromatic nitrogens is 1. The third kappa shape index (κ3) is 5.67. The summed E-state index contributed by atoms with van der Waals surface area (Å²) in [6.07, 6.45) is 0. The molecule has 7 heteroatoms. The molecule has 0 unspecified atom stereocenters. The minimum atomic E-state index is 0.199. The van der Waals surface area contributed by atoms with Crippen LogP contribution >= 0.6 is 0 Å². The van der Waals surface area contributed by atoms with Gasteiger partial charge in [0.2, 0.25) is 0 Å². The zero-order valence-electron chi connectivity index (χ0n) is 19.4. The summed E-state index contributed by atoms with van der Waals surface area (Å²) >= 11 is 0. The first-order valence-electron chi connectivity index (χ1n) is 10.8. The number of ether oxygens (including phenoxy) is 3. The van der Waals surface area contributed by atoms with Gasteiger partial charge in [0, 0.05) is 63.3 Å². The van der Waals surface area contributed by atoms with Crippen LogP contribution in [-0.4, -0.2) is 80.8 Å². The molecule has 0 spiro atoms. The van der Waals surface area contributed by atoms with E-state index < -0.39 is 0 Å². The standard InChI is InChI=1S/C24H35N3O4/c1-18-14-21(19(2)27(18)12-13-29-3)22(28)17-26-10-8-25(9-11-26)16-20-6-7-23(30-4)24(15-20)31-5/h6-7,14-15H,8-13,16-17H2,1-5H3. The molecule has 1 fully saturated rings. The van der Waals surface area contributed by atoms with Crippen LogP contribution < -0.4 is 9.47 Å². The molecule has 0 radical (unpaired) electrons. The van der Waals surface area contributed by atoms with Crippen molar-refractivity contribution < 1.29 is 19.0 Å². The van der Waals surface area contributed by atoms with E-state index >= 15 is 0 Å². The summed E-state index contributed by atoms with van der Waals surface area (Å²) < 4.78 is 18.1. The number of carbonyl (C=O) groups excluding carboxylic acids is 1. The molecular formula is C24H35N3O4. The van der Waals surface area contributed by atoms with E-state index in [2.05, 4.69) is 20.4 Å². The van der Waals surface area contributed by atoms with E-state index in [0.29, 0.717) is 13.2 Å². The highest BCUT2D eigenvalue weighted by atomic mass is 16.5. The van der Waals surface area contributed by atoms with Gasteiger partial charge in [-0.05, 0) is 37.6 Å². The predicted octanol–water partition coefficient (Wildman–Crippen LogP) is 2.77. The van der Waals surface area contributed by atoms with E-state index in [4.69, 9.17) is 14.2 Å². The minimum absolute atomic E-state index is 0.199. The molecular weight excluding hydrogens is 394 g/mol. The summed E-state index contributed by atoms with van der Waals surface area (Å²) in [6, 6.07) is 8.08. The van der Waals surface area contributed by atoms with Crippen LogP contribution in [0.1, 0.15) is 27.3 Å². The van der Waals surface area contributed by atoms with E-state index in [0.717, 1.165) is 67.7 Å². The normalized spacial score (nSPS) is 15.3. The number of Topliss-reactive ketones (excluding diaryl/α,β-unsaturated/α-hetero) is 1. The summed E-state index contributed by atoms with van der Waals surface area (Å²) in [4.78, 5) is 17.6. The third-order valence-corrected chi connectivity index (χ3v) is 6.08. The number of aryl methyl sites for hydroxylation is 1. The fourth-order valence-electron chi connectivity index (χ4n) is 4.24. The predicted molar refractivity (Wildman–Crippen MR) is 121 cm³/mol. The SMILES string of the molecule is COCCn1c(C)cc(C(=O)CN2CCN(Cc3ccc(OC)c(OC)c3)CC2)c1C. The number of ketones is 1. The first kappa shape index (κ1) is 23.3. The van der Waals surface area contributed by atoms with Crippen LogP contribution in [0.4, 0.5) is 0 Å². The topological polar surface area (TPSA) is 56.2 Å². The fourth-order valence-corrected chi connectivity index (χ4v) is 4.24. The second-order valence-electron chi connectivity index (χ2n) is 8.09. The van der Waals surface area contributed by atoms with Gasteiger partial charge in [-0.15, -0.1) is 0 Å². The maximum Gasteiger partial charge on any atom is 0.178 e. The molecule has 1 aromatic carbocycles. The van der Waals surface area contributed by atoms with Crippen LogP contribution in [-0.2, 0) is 17.8 Å². The summed E-state index contributed by atoms with van der Waals surface area (Å²) in [7, 11) is 5.01. The van der Waals surface area contributed by atoms with Crippen molar-refractivity contribution in [2.75, 3.05) is 60.7 Å². The summed E-state index contributed by atoms with van der Waals surface area (Å²) in [6.45, 7) is 10.5. The fraction of sp³-hybridized carbons (Fsp3) is 0.542. The number of hydrogen-bond donors (Lipinski definition) is 0. The Morgan fingerprint density at radius 3 is 2.26 bits per heavy atom. The molecule has 0 atom stereocenters. The highest BCUT2D eigenvalue weighted by molar-refractivity contribution is 5.99. The Morgan fingerprint density at radius 1 is 0.935 bits per heavy atom. The van der Waals surface area contributed by atoms with Crippen molar-refractivity contribution in [3.05, 3.63) is 46.8 Å². The average molecular weight is 430 g/mol. The van der Waals surface area contributed by atoms with Gasteiger partial charge in [-0.1, -0.05) is 6.07 Å². The van der Waals surface area contributed by atoms with E-state index in [1.165, 1.54) is 5.56 Å². The molecule has 0 aliphatic carbocycles. The average Bonchev–Trinajstić information content (AvgIpc) is 3.06. The number of benzene rings is 1. The molecule has 31 heavy (non-hydrogen) atoms. The van der Waals surface area contributed by atoms with Gasteiger partial charge in [-0.2, -0.15) is 0 Å². The van der Waals surface area contributed by atoms with Gasteiger partial charge in [0.25, 0.3) is 0 Å². The summed E-state index contributed by atoms with van der Waals surface area (Å²) in [5.41, 5.74) is 4.18. The molecule has 1 saturated heterocycles. The number of hydrogen-bond acceptors (Lipinski definition) is 6. The lowest BCUT2D eigenvalue weighted by molar-refractivity contribution is 0.0843. The largest absolute Gasteiger partial charge is 0.493 e. The van der Waals surface area contributed by atoms with Gasteiger partial charge in [0.1, 0.15) is 0 Å². The van der Waals surface area contributed by atoms with Crippen molar-refractivity contribution >= 4 is 5.78 Å². The number of piperazine rings is 1. The monoisotopic (exact) mass is 429 g/mol. The second kappa shape index (κ2) is 10.8. The number of nitrogens with zero attached hydrogens (tertiary/aromatic N) is 3. The van der Waals surface area contributed by atoms with E-state index in [-0.39, 0.29) is 5.78 Å². The maximum atomic E-state index is 13.0. The number of carbonyl (C=O) groups is 1. The highest BCUT2D eigenvalue weighted by Crippen LogP contribution is 2.28. The molecule has 1 aromatic heterocycles. The zero-order chi connectivity index (χ0) is 22.4.